The molecule has 20 heavy (non-hydrogen) atoms. The smallest absolute Gasteiger partial charge is 0.240 e. The Kier molecular flexibility index (Phi) is 3.49. The zero-order valence-corrected chi connectivity index (χ0v) is 12.6. The zero-order chi connectivity index (χ0) is 14.2. The van der Waals surface area contributed by atoms with Gasteiger partial charge in [-0.15, -0.1) is 11.3 Å². The van der Waals surface area contributed by atoms with Crippen LogP contribution in [0, 0.1) is 6.92 Å². The molecular weight excluding hydrogens is 294 g/mol. The first kappa shape index (κ1) is 13.5. The van der Waals surface area contributed by atoms with E-state index in [-0.39, 0.29) is 6.54 Å². The van der Waals surface area contributed by atoms with Crippen LogP contribution >= 0.6 is 11.3 Å². The lowest BCUT2D eigenvalue weighted by Crippen LogP contribution is -2.23. The number of thiazole rings is 1. The Bertz CT molecular complexity index is 738. The van der Waals surface area contributed by atoms with Crippen molar-refractivity contribution in [1.29, 1.82) is 0 Å². The third-order valence-electron chi connectivity index (χ3n) is 3.37. The van der Waals surface area contributed by atoms with E-state index in [1.807, 2.05) is 13.0 Å². The summed E-state index contributed by atoms with van der Waals surface area (Å²) in [4.78, 5) is 5.35. The van der Waals surface area contributed by atoms with Crippen LogP contribution in [-0.2, 0) is 23.0 Å². The van der Waals surface area contributed by atoms with Crippen LogP contribution < -0.4 is 10.0 Å². The minimum atomic E-state index is -3.49. The Labute approximate surface area is 122 Å². The van der Waals surface area contributed by atoms with Crippen LogP contribution in [0.15, 0.2) is 28.6 Å². The Morgan fingerprint density at radius 2 is 2.30 bits per heavy atom. The molecule has 0 aliphatic carbocycles. The first-order valence-corrected chi connectivity index (χ1v) is 8.68. The van der Waals surface area contributed by atoms with E-state index in [0.29, 0.717) is 4.90 Å². The molecule has 1 aromatic carbocycles. The fourth-order valence-corrected chi connectivity index (χ4v) is 4.01. The standard InChI is InChI=1S/C13H15N3O2S2/c1-9-13(19-8-15-9)7-16-20(17,18)11-3-2-10-4-5-14-12(10)6-11/h2-3,6,8,14,16H,4-5,7H2,1H3. The number of sulfonamides is 1. The number of nitrogens with one attached hydrogen (secondary N) is 2. The molecule has 0 amide bonds. The van der Waals surface area contributed by atoms with Gasteiger partial charge in [-0.2, -0.15) is 0 Å². The van der Waals surface area contributed by atoms with Crippen LogP contribution in [0.25, 0.3) is 0 Å². The van der Waals surface area contributed by atoms with Gasteiger partial charge in [0.2, 0.25) is 10.0 Å². The van der Waals surface area contributed by atoms with Crippen molar-refractivity contribution in [1.82, 2.24) is 9.71 Å². The monoisotopic (exact) mass is 309 g/mol. The van der Waals surface area contributed by atoms with Crippen molar-refractivity contribution >= 4 is 27.0 Å². The van der Waals surface area contributed by atoms with Gasteiger partial charge >= 0.3 is 0 Å². The molecule has 3 rings (SSSR count). The second-order valence-electron chi connectivity index (χ2n) is 4.68. The lowest BCUT2D eigenvalue weighted by atomic mass is 10.2. The summed E-state index contributed by atoms with van der Waals surface area (Å²) in [6, 6.07) is 5.24. The SMILES string of the molecule is Cc1ncsc1CNS(=O)(=O)c1ccc2c(c1)NCC2. The molecule has 5 nitrogen and oxygen atoms in total. The van der Waals surface area contributed by atoms with E-state index < -0.39 is 10.0 Å². The number of aryl methyl sites for hydroxylation is 1. The summed E-state index contributed by atoms with van der Waals surface area (Å²) in [6.45, 7) is 3.02. The molecule has 0 saturated carbocycles. The molecule has 0 fully saturated rings. The number of hydrogen-bond donors (Lipinski definition) is 2. The highest BCUT2D eigenvalue weighted by molar-refractivity contribution is 7.89. The molecule has 106 valence electrons. The van der Waals surface area contributed by atoms with Crippen LogP contribution in [0.4, 0.5) is 5.69 Å². The number of rotatable bonds is 4. The summed E-state index contributed by atoms with van der Waals surface area (Å²) in [5, 5.41) is 3.19. The Morgan fingerprint density at radius 3 is 3.05 bits per heavy atom. The maximum atomic E-state index is 12.3. The zero-order valence-electron chi connectivity index (χ0n) is 11.0. The molecule has 2 aromatic rings. The summed E-state index contributed by atoms with van der Waals surface area (Å²) < 4.78 is 27.2. The van der Waals surface area contributed by atoms with Crippen LogP contribution in [0.1, 0.15) is 16.1 Å². The van der Waals surface area contributed by atoms with E-state index >= 15 is 0 Å². The summed E-state index contributed by atoms with van der Waals surface area (Å²) >= 11 is 1.46. The average molecular weight is 309 g/mol. The highest BCUT2D eigenvalue weighted by atomic mass is 32.2. The quantitative estimate of drug-likeness (QED) is 0.905. The van der Waals surface area contributed by atoms with Gasteiger partial charge in [0.25, 0.3) is 0 Å². The molecule has 1 aliphatic rings. The number of anilines is 1. The van der Waals surface area contributed by atoms with E-state index in [1.165, 1.54) is 16.9 Å². The van der Waals surface area contributed by atoms with E-state index in [4.69, 9.17) is 0 Å². The van der Waals surface area contributed by atoms with Crippen LogP contribution in [0.2, 0.25) is 0 Å². The highest BCUT2D eigenvalue weighted by Crippen LogP contribution is 2.25. The third-order valence-corrected chi connectivity index (χ3v) is 5.70. The molecule has 0 unspecified atom stereocenters. The fraction of sp³-hybridized carbons (Fsp3) is 0.308. The Hall–Kier alpha value is -1.44. The van der Waals surface area contributed by atoms with Gasteiger partial charge in [-0.25, -0.2) is 18.1 Å². The predicted octanol–water partition coefficient (Wildman–Crippen LogP) is 1.90. The molecule has 2 heterocycles. The van der Waals surface area contributed by atoms with Gasteiger partial charge in [0.15, 0.2) is 0 Å². The van der Waals surface area contributed by atoms with E-state index in [9.17, 15) is 8.42 Å². The van der Waals surface area contributed by atoms with Gasteiger partial charge in [-0.1, -0.05) is 6.07 Å². The maximum absolute atomic E-state index is 12.3. The topological polar surface area (TPSA) is 71.1 Å². The largest absolute Gasteiger partial charge is 0.384 e. The van der Waals surface area contributed by atoms with Crippen LogP contribution in [0.5, 0.6) is 0 Å². The van der Waals surface area contributed by atoms with Crippen molar-refractivity contribution in [3.63, 3.8) is 0 Å². The molecule has 7 heteroatoms. The van der Waals surface area contributed by atoms with Crippen molar-refractivity contribution in [2.75, 3.05) is 11.9 Å². The van der Waals surface area contributed by atoms with Crippen LogP contribution in [-0.4, -0.2) is 19.9 Å². The van der Waals surface area contributed by atoms with Crippen molar-refractivity contribution < 1.29 is 8.42 Å². The molecule has 1 aliphatic heterocycles. The average Bonchev–Trinajstić information content (AvgIpc) is 3.04. The molecule has 0 bridgehead atoms. The van der Waals surface area contributed by atoms with E-state index in [0.717, 1.165) is 29.2 Å². The first-order chi connectivity index (χ1) is 9.56. The first-order valence-electron chi connectivity index (χ1n) is 6.32. The van der Waals surface area contributed by atoms with Gasteiger partial charge in [0, 0.05) is 23.7 Å². The summed E-state index contributed by atoms with van der Waals surface area (Å²) in [5.41, 5.74) is 4.68. The van der Waals surface area contributed by atoms with Gasteiger partial charge in [0.05, 0.1) is 16.1 Å². The van der Waals surface area contributed by atoms with Gasteiger partial charge in [-0.05, 0) is 31.0 Å². The summed E-state index contributed by atoms with van der Waals surface area (Å²) in [6.07, 6.45) is 0.948. The number of hydrogen-bond acceptors (Lipinski definition) is 5. The molecule has 0 saturated heterocycles. The van der Waals surface area contributed by atoms with Crippen molar-refractivity contribution in [2.24, 2.45) is 0 Å². The summed E-state index contributed by atoms with van der Waals surface area (Å²) in [5.74, 6) is 0. The third kappa shape index (κ3) is 2.56. The lowest BCUT2D eigenvalue weighted by molar-refractivity contribution is 0.581. The number of aromatic nitrogens is 1. The summed E-state index contributed by atoms with van der Waals surface area (Å²) in [7, 11) is -3.49. The van der Waals surface area contributed by atoms with Crippen LogP contribution in [0.3, 0.4) is 0 Å². The Balaban J connectivity index is 1.80. The lowest BCUT2D eigenvalue weighted by Gasteiger charge is -2.08. The number of fused-ring (bicyclic) bond motifs is 1. The van der Waals surface area contributed by atoms with Crippen molar-refractivity contribution in [3.05, 3.63) is 39.8 Å². The van der Waals surface area contributed by atoms with Gasteiger partial charge < -0.3 is 5.32 Å². The van der Waals surface area contributed by atoms with Crippen molar-refractivity contribution in [2.45, 2.75) is 24.8 Å². The molecule has 0 spiro atoms. The number of nitrogens with zero attached hydrogens (tertiary/aromatic N) is 1. The molecular formula is C13H15N3O2S2. The molecule has 0 atom stereocenters. The van der Waals surface area contributed by atoms with E-state index in [1.54, 1.807) is 17.6 Å². The van der Waals surface area contributed by atoms with Crippen molar-refractivity contribution in [3.8, 4) is 0 Å². The van der Waals surface area contributed by atoms with Gasteiger partial charge in [-0.3, -0.25) is 0 Å². The predicted molar refractivity (Wildman–Crippen MR) is 79.5 cm³/mol. The fourth-order valence-electron chi connectivity index (χ4n) is 2.18. The minimum absolute atomic E-state index is 0.281. The molecule has 1 aromatic heterocycles. The maximum Gasteiger partial charge on any atom is 0.240 e. The second-order valence-corrected chi connectivity index (χ2v) is 7.39. The van der Waals surface area contributed by atoms with Gasteiger partial charge in [0.1, 0.15) is 0 Å². The normalized spacial score (nSPS) is 14.1. The molecule has 2 N–H and O–H groups in total. The second kappa shape index (κ2) is 5.16. The number of benzene rings is 1. The van der Waals surface area contributed by atoms with E-state index in [2.05, 4.69) is 15.0 Å². The minimum Gasteiger partial charge on any atom is -0.384 e. The molecule has 0 radical (unpaired) electrons. The highest BCUT2D eigenvalue weighted by Gasteiger charge is 2.18. The Morgan fingerprint density at radius 1 is 1.45 bits per heavy atom.